The van der Waals surface area contributed by atoms with Gasteiger partial charge in [0, 0.05) is 42.4 Å². The van der Waals surface area contributed by atoms with Gasteiger partial charge < -0.3 is 13.9 Å². The molecule has 0 saturated carbocycles. The molecule has 0 unspecified atom stereocenters. The number of pyridine rings is 1. The summed E-state index contributed by atoms with van der Waals surface area (Å²) in [5, 5.41) is 10.1. The summed E-state index contributed by atoms with van der Waals surface area (Å²) in [5.74, 6) is -0.0414. The number of imidazole rings is 1. The molecule has 0 bridgehead atoms. The van der Waals surface area contributed by atoms with Crippen molar-refractivity contribution in [3.63, 3.8) is 0 Å². The van der Waals surface area contributed by atoms with Gasteiger partial charge in [0.2, 0.25) is 0 Å². The molecule has 1 aliphatic rings. The zero-order valence-electron chi connectivity index (χ0n) is 21.2. The number of fused-ring (bicyclic) bond motifs is 3. The van der Waals surface area contributed by atoms with E-state index >= 15 is 0 Å². The summed E-state index contributed by atoms with van der Waals surface area (Å²) in [7, 11) is -2.56. The van der Waals surface area contributed by atoms with Crippen molar-refractivity contribution < 1.29 is 18.0 Å². The topological polar surface area (TPSA) is 59.6 Å². The van der Waals surface area contributed by atoms with Crippen LogP contribution in [-0.2, 0) is 24.4 Å². The van der Waals surface area contributed by atoms with Crippen LogP contribution in [0.15, 0.2) is 60.3 Å². The Morgan fingerprint density at radius 2 is 2.15 bits per heavy atom. The van der Waals surface area contributed by atoms with Crippen molar-refractivity contribution in [2.75, 3.05) is 7.04 Å². The summed E-state index contributed by atoms with van der Waals surface area (Å²) < 4.78 is 49.0. The van der Waals surface area contributed by atoms with Gasteiger partial charge in [0.15, 0.2) is 5.65 Å². The van der Waals surface area contributed by atoms with Gasteiger partial charge in [-0.3, -0.25) is 0 Å². The second-order valence-electron chi connectivity index (χ2n) is 8.05. The molecule has 1 aliphatic heterocycles. The molecule has 5 rings (SSSR count). The maximum Gasteiger partial charge on any atom is 0.156 e. The molecule has 0 radical (unpaired) electrons. The third-order valence-corrected chi connectivity index (χ3v) is 6.24. The highest BCUT2D eigenvalue weighted by atomic mass is 35.5. The molecule has 4 aromatic rings. The van der Waals surface area contributed by atoms with Crippen molar-refractivity contribution in [3.8, 4) is 11.8 Å². The molecular weight excluding hydrogens is 453 g/mol. The Kier molecular flexibility index (Phi) is 4.93. The van der Waals surface area contributed by atoms with Crippen LogP contribution in [0.4, 0.5) is 4.39 Å². The molecular formula is C27H21ClFN3O2. The lowest BCUT2D eigenvalue weighted by Crippen LogP contribution is -2.02. The molecule has 0 atom stereocenters. The molecule has 3 heterocycles. The first-order valence-electron chi connectivity index (χ1n) is 12.1. The van der Waals surface area contributed by atoms with E-state index in [2.05, 4.69) is 11.1 Å². The van der Waals surface area contributed by atoms with Crippen molar-refractivity contribution >= 4 is 22.8 Å². The number of halogens is 2. The van der Waals surface area contributed by atoms with Gasteiger partial charge in [0.25, 0.3) is 0 Å². The van der Waals surface area contributed by atoms with Gasteiger partial charge in [-0.25, -0.2) is 9.37 Å². The van der Waals surface area contributed by atoms with E-state index in [0.717, 1.165) is 22.4 Å². The summed E-state index contributed by atoms with van der Waals surface area (Å²) in [6.07, 6.45) is 2.23. The van der Waals surface area contributed by atoms with Crippen LogP contribution >= 0.6 is 11.6 Å². The molecule has 2 aromatic carbocycles. The largest absolute Gasteiger partial charge is 0.488 e. The molecule has 0 amide bonds. The summed E-state index contributed by atoms with van der Waals surface area (Å²) in [6.45, 7) is 1.72. The predicted octanol–water partition coefficient (Wildman–Crippen LogP) is 6.10. The summed E-state index contributed by atoms with van der Waals surface area (Å²) in [4.78, 5) is 4.55. The number of methoxy groups -OCH3 is 1. The number of nitrogens with zero attached hydrogens (tertiary/aromatic N) is 3. The van der Waals surface area contributed by atoms with Crippen LogP contribution < -0.4 is 4.74 Å². The van der Waals surface area contributed by atoms with Crippen molar-refractivity contribution in [3.05, 3.63) is 105 Å². The zero-order valence-corrected chi connectivity index (χ0v) is 19.0. The fraction of sp³-hybridized carbons (Fsp3) is 0.185. The standard InChI is InChI=1S/C27H21ClFN3O2/c1-16(13-30)26-20-7-5-17(10-18(20)14-34-25-12-19(29)6-8-21(25)26)11-24-23(15-33-2)31-27-22(28)4-3-9-32(24)27/h3-10,12H,11,14-15H2,1-2H3/b26-16+/i2D3. The van der Waals surface area contributed by atoms with E-state index < -0.39 is 12.9 Å². The average Bonchev–Trinajstić information content (AvgIpc) is 3.12. The fourth-order valence-electron chi connectivity index (χ4n) is 4.40. The number of benzene rings is 2. The Labute approximate surface area is 205 Å². The highest BCUT2D eigenvalue weighted by Crippen LogP contribution is 2.39. The maximum atomic E-state index is 13.9. The summed E-state index contributed by atoms with van der Waals surface area (Å²) in [6, 6.07) is 15.9. The van der Waals surface area contributed by atoms with E-state index in [0.29, 0.717) is 45.2 Å². The van der Waals surface area contributed by atoms with Crippen LogP contribution in [0, 0.1) is 17.1 Å². The first kappa shape index (κ1) is 18.7. The van der Waals surface area contributed by atoms with E-state index in [4.69, 9.17) is 25.2 Å². The maximum absolute atomic E-state index is 13.9. The monoisotopic (exact) mass is 476 g/mol. The van der Waals surface area contributed by atoms with Gasteiger partial charge in [-0.2, -0.15) is 5.26 Å². The van der Waals surface area contributed by atoms with E-state index in [1.165, 1.54) is 12.1 Å². The molecule has 170 valence electrons. The predicted molar refractivity (Wildman–Crippen MR) is 128 cm³/mol. The Balaban J connectivity index is 1.58. The van der Waals surface area contributed by atoms with Crippen LogP contribution in [0.2, 0.25) is 5.02 Å². The number of ether oxygens (including phenoxy) is 2. The normalized spacial score (nSPS) is 15.8. The summed E-state index contributed by atoms with van der Waals surface area (Å²) >= 11 is 6.35. The molecule has 0 saturated heterocycles. The number of allylic oxidation sites excluding steroid dienone is 1. The molecule has 0 fully saturated rings. The van der Waals surface area contributed by atoms with Crippen molar-refractivity contribution in [2.45, 2.75) is 26.6 Å². The molecule has 5 nitrogen and oxygen atoms in total. The average molecular weight is 477 g/mol. The lowest BCUT2D eigenvalue weighted by atomic mass is 9.89. The Morgan fingerprint density at radius 1 is 1.29 bits per heavy atom. The minimum Gasteiger partial charge on any atom is -0.488 e. The highest BCUT2D eigenvalue weighted by molar-refractivity contribution is 6.33. The smallest absolute Gasteiger partial charge is 0.156 e. The van der Waals surface area contributed by atoms with Crippen molar-refractivity contribution in [1.29, 1.82) is 5.26 Å². The lowest BCUT2D eigenvalue weighted by molar-refractivity contribution is 0.181. The molecule has 0 aliphatic carbocycles. The minimum absolute atomic E-state index is 0.190. The van der Waals surface area contributed by atoms with Gasteiger partial charge in [0.1, 0.15) is 18.2 Å². The van der Waals surface area contributed by atoms with Gasteiger partial charge >= 0.3 is 0 Å². The molecule has 7 heteroatoms. The Bertz CT molecular complexity index is 1610. The number of aromatic nitrogens is 2. The van der Waals surface area contributed by atoms with Crippen molar-refractivity contribution in [2.24, 2.45) is 0 Å². The molecule has 34 heavy (non-hydrogen) atoms. The van der Waals surface area contributed by atoms with Crippen LogP contribution in [0.25, 0.3) is 11.2 Å². The van der Waals surface area contributed by atoms with Crippen LogP contribution in [0.3, 0.4) is 0 Å². The highest BCUT2D eigenvalue weighted by Gasteiger charge is 2.23. The number of hydrogen-bond donors (Lipinski definition) is 0. The van der Waals surface area contributed by atoms with Gasteiger partial charge in [0.05, 0.1) is 33.2 Å². The third-order valence-electron chi connectivity index (χ3n) is 5.94. The number of rotatable bonds is 4. The third kappa shape index (κ3) is 3.83. The first-order valence-corrected chi connectivity index (χ1v) is 11.0. The summed E-state index contributed by atoms with van der Waals surface area (Å²) in [5.41, 5.74) is 6.15. The van der Waals surface area contributed by atoms with E-state index in [-0.39, 0.29) is 13.2 Å². The van der Waals surface area contributed by atoms with Gasteiger partial charge in [-0.05, 0) is 47.9 Å². The SMILES string of the molecule is [2H]C([2H])([2H])OCc1nc2c(Cl)cccn2c1Cc1ccc2c(c1)COc1cc(F)ccc1/C2=C(\C)C#N. The van der Waals surface area contributed by atoms with E-state index in [9.17, 15) is 9.65 Å². The zero-order chi connectivity index (χ0) is 26.3. The van der Waals surface area contributed by atoms with Crippen LogP contribution in [0.5, 0.6) is 5.75 Å². The van der Waals surface area contributed by atoms with Crippen molar-refractivity contribution in [1.82, 2.24) is 9.38 Å². The fourth-order valence-corrected chi connectivity index (χ4v) is 4.60. The minimum atomic E-state index is -2.56. The quantitative estimate of drug-likeness (QED) is 0.334. The Hall–Kier alpha value is -3.66. The van der Waals surface area contributed by atoms with E-state index in [1.807, 2.05) is 28.8 Å². The van der Waals surface area contributed by atoms with Gasteiger partial charge in [-0.15, -0.1) is 0 Å². The Morgan fingerprint density at radius 3 is 2.97 bits per heavy atom. The van der Waals surface area contributed by atoms with Crippen LogP contribution in [0.1, 0.15) is 44.7 Å². The second kappa shape index (κ2) is 8.94. The van der Waals surface area contributed by atoms with Gasteiger partial charge in [-0.1, -0.05) is 29.8 Å². The lowest BCUT2D eigenvalue weighted by Gasteiger charge is -2.13. The number of nitriles is 1. The van der Waals surface area contributed by atoms with E-state index in [1.54, 1.807) is 25.1 Å². The molecule has 2 aromatic heterocycles. The first-order chi connectivity index (χ1) is 17.6. The molecule has 0 N–H and O–H groups in total. The second-order valence-corrected chi connectivity index (χ2v) is 8.46. The number of hydrogen-bond acceptors (Lipinski definition) is 4. The molecule has 0 spiro atoms. The van der Waals surface area contributed by atoms with Crippen LogP contribution in [-0.4, -0.2) is 16.4 Å².